The van der Waals surface area contributed by atoms with Crippen LogP contribution >= 0.6 is 11.8 Å². The van der Waals surface area contributed by atoms with Crippen LogP contribution in [0, 0.1) is 0 Å². The molecular formula is C25H21FN4O6S. The fraction of sp³-hybridized carbons (Fsp3) is 0.280. The van der Waals surface area contributed by atoms with E-state index in [-0.39, 0.29) is 30.1 Å². The first-order valence-electron chi connectivity index (χ1n) is 11.6. The van der Waals surface area contributed by atoms with Crippen LogP contribution in [0.2, 0.25) is 0 Å². The smallest absolute Gasteiger partial charge is 0.414 e. The number of para-hydroxylation sites is 1. The first-order chi connectivity index (χ1) is 17.7. The van der Waals surface area contributed by atoms with Crippen LogP contribution in [0.25, 0.3) is 10.9 Å². The highest BCUT2D eigenvalue weighted by Gasteiger charge is 2.43. The van der Waals surface area contributed by atoms with Crippen LogP contribution in [-0.2, 0) is 26.7 Å². The summed E-state index contributed by atoms with van der Waals surface area (Å²) in [6.07, 6.45) is -3.65. The quantitative estimate of drug-likeness (QED) is 0.436. The molecule has 1 fully saturated rings. The van der Waals surface area contributed by atoms with Gasteiger partial charge in [0, 0.05) is 22.2 Å². The Morgan fingerprint density at radius 1 is 1.24 bits per heavy atom. The van der Waals surface area contributed by atoms with Crippen molar-refractivity contribution in [1.82, 2.24) is 9.88 Å². The van der Waals surface area contributed by atoms with Crippen LogP contribution in [0.5, 0.6) is 0 Å². The van der Waals surface area contributed by atoms with Gasteiger partial charge in [0.1, 0.15) is 12.2 Å². The van der Waals surface area contributed by atoms with Crippen molar-refractivity contribution in [2.24, 2.45) is 0 Å². The lowest BCUT2D eigenvalue weighted by Crippen LogP contribution is -2.45. The van der Waals surface area contributed by atoms with Crippen molar-refractivity contribution in [2.75, 3.05) is 22.5 Å². The maximum absolute atomic E-state index is 16.0. The topological polar surface area (TPSA) is 130 Å². The van der Waals surface area contributed by atoms with Crippen molar-refractivity contribution in [3.8, 4) is 0 Å². The zero-order valence-corrected chi connectivity index (χ0v) is 20.1. The highest BCUT2D eigenvalue weighted by molar-refractivity contribution is 8.00. The molecule has 1 aromatic heterocycles. The number of nitrogens with one attached hydrogen (secondary N) is 2. The Balaban J connectivity index is 1.14. The van der Waals surface area contributed by atoms with E-state index in [1.54, 1.807) is 36.4 Å². The van der Waals surface area contributed by atoms with Gasteiger partial charge in [0.2, 0.25) is 17.6 Å². The molecular weight excluding hydrogens is 503 g/mol. The Kier molecular flexibility index (Phi) is 5.46. The molecule has 37 heavy (non-hydrogen) atoms. The molecule has 0 aliphatic carbocycles. The second-order valence-corrected chi connectivity index (χ2v) is 10.2. The molecule has 3 N–H and O–H groups in total. The number of nitrogens with zero attached hydrogens (tertiary/aromatic N) is 2. The molecule has 12 heteroatoms. The number of aromatic nitrogens is 1. The predicted molar refractivity (Wildman–Crippen MR) is 133 cm³/mol. The number of ether oxygens (including phenoxy) is 1. The third-order valence-corrected chi connectivity index (χ3v) is 7.79. The number of fused-ring (bicyclic) bond motifs is 1. The number of carbonyl (C=O) groups is 3. The highest BCUT2D eigenvalue weighted by atomic mass is 32.2. The molecule has 3 aliphatic rings. The Morgan fingerprint density at radius 3 is 2.92 bits per heavy atom. The molecule has 2 aromatic carbocycles. The summed E-state index contributed by atoms with van der Waals surface area (Å²) in [5.41, 5.74) is 1.25. The molecule has 0 radical (unpaired) electrons. The first-order valence-corrected chi connectivity index (χ1v) is 12.6. The third-order valence-electron chi connectivity index (χ3n) is 6.72. The van der Waals surface area contributed by atoms with E-state index in [1.165, 1.54) is 33.4 Å². The Hall–Kier alpha value is -3.90. The Morgan fingerprint density at radius 2 is 2.08 bits per heavy atom. The van der Waals surface area contributed by atoms with Crippen LogP contribution in [0.3, 0.4) is 0 Å². The molecule has 2 unspecified atom stereocenters. The lowest BCUT2D eigenvalue weighted by atomic mass is 10.0. The van der Waals surface area contributed by atoms with E-state index < -0.39 is 36.4 Å². The zero-order valence-electron chi connectivity index (χ0n) is 19.3. The molecule has 1 saturated heterocycles. The second kappa shape index (κ2) is 8.60. The van der Waals surface area contributed by atoms with Crippen LogP contribution < -0.4 is 21.1 Å². The number of thioether (sulfide) groups is 1. The van der Waals surface area contributed by atoms with Crippen LogP contribution in [0.4, 0.5) is 20.6 Å². The van der Waals surface area contributed by atoms with Crippen molar-refractivity contribution in [3.05, 3.63) is 64.4 Å². The Labute approximate surface area is 213 Å². The number of pyridine rings is 1. The molecule has 0 spiro atoms. The number of aliphatic hydroxyl groups excluding tert-OH is 1. The largest absolute Gasteiger partial charge is 0.441 e. The molecule has 10 nitrogen and oxygen atoms in total. The number of hydrogen-bond acceptors (Lipinski definition) is 7. The molecule has 3 aromatic rings. The summed E-state index contributed by atoms with van der Waals surface area (Å²) < 4.78 is 22.5. The minimum atomic E-state index is -2.33. The summed E-state index contributed by atoms with van der Waals surface area (Å²) in [5.74, 6) is -2.95. The standard InChI is InChI=1S/C25H21FN4O6S/c26-25(12-30-22(34)7-4-13-2-1-3-15(25)23(13)30)28-20(32)9-17(31)18-10-29(24(35)36-18)14-5-6-19-16(8-14)27-21(33)11-37-19/h1-8,17-18,31H,9-12H2,(H,27,33)(H,28,32)/t17?,18?,25-/m0/s1. The van der Waals surface area contributed by atoms with Crippen LogP contribution in [0.15, 0.2) is 58.2 Å². The fourth-order valence-corrected chi connectivity index (χ4v) is 5.76. The summed E-state index contributed by atoms with van der Waals surface area (Å²) in [5, 5.41) is 16.4. The lowest BCUT2D eigenvalue weighted by molar-refractivity contribution is -0.129. The van der Waals surface area contributed by atoms with Crippen LogP contribution in [0.1, 0.15) is 12.0 Å². The number of alkyl halides is 1. The van der Waals surface area contributed by atoms with Crippen molar-refractivity contribution < 1.29 is 28.6 Å². The number of rotatable bonds is 5. The van der Waals surface area contributed by atoms with E-state index in [4.69, 9.17) is 4.74 Å². The van der Waals surface area contributed by atoms with Gasteiger partial charge in [-0.2, -0.15) is 0 Å². The van der Waals surface area contributed by atoms with Crippen molar-refractivity contribution in [1.29, 1.82) is 0 Å². The highest BCUT2D eigenvalue weighted by Crippen LogP contribution is 2.38. The van der Waals surface area contributed by atoms with Crippen LogP contribution in [-0.4, -0.2) is 52.1 Å². The number of amides is 3. The summed E-state index contributed by atoms with van der Waals surface area (Å²) in [6, 6.07) is 13.0. The third kappa shape index (κ3) is 4.02. The number of cyclic esters (lactones) is 1. The molecule has 0 bridgehead atoms. The minimum Gasteiger partial charge on any atom is -0.441 e. The fourth-order valence-electron chi connectivity index (χ4n) is 4.97. The van der Waals surface area contributed by atoms with E-state index >= 15 is 4.39 Å². The first kappa shape index (κ1) is 23.5. The number of carbonyl (C=O) groups excluding carboxylic acids is 3. The van der Waals surface area contributed by atoms with Gasteiger partial charge in [0.05, 0.1) is 36.5 Å². The molecule has 4 heterocycles. The van der Waals surface area contributed by atoms with Gasteiger partial charge >= 0.3 is 6.09 Å². The summed E-state index contributed by atoms with van der Waals surface area (Å²) in [7, 11) is 0. The lowest BCUT2D eigenvalue weighted by Gasteiger charge is -2.24. The molecule has 0 saturated carbocycles. The maximum atomic E-state index is 16.0. The van der Waals surface area contributed by atoms with E-state index in [1.807, 2.05) is 0 Å². The monoisotopic (exact) mass is 524 g/mol. The number of aliphatic hydroxyl groups is 1. The van der Waals surface area contributed by atoms with E-state index in [2.05, 4.69) is 10.6 Å². The summed E-state index contributed by atoms with van der Waals surface area (Å²) >= 11 is 1.39. The van der Waals surface area contributed by atoms with Gasteiger partial charge in [-0.15, -0.1) is 11.8 Å². The van der Waals surface area contributed by atoms with E-state index in [0.717, 1.165) is 4.90 Å². The SMILES string of the molecule is O=C1CSc2ccc(N3CC(C(O)CC(=O)N[C@@]4(F)Cn5c(=O)ccc6cccc4c65)OC3=O)cc2N1. The zero-order chi connectivity index (χ0) is 25.9. The Bertz CT molecular complexity index is 1540. The molecule has 3 aliphatic heterocycles. The number of halogens is 1. The summed E-state index contributed by atoms with van der Waals surface area (Å²) in [4.78, 5) is 51.4. The number of hydrogen-bond donors (Lipinski definition) is 3. The molecule has 190 valence electrons. The van der Waals surface area contributed by atoms with Crippen molar-refractivity contribution in [3.63, 3.8) is 0 Å². The van der Waals surface area contributed by atoms with Crippen molar-refractivity contribution in [2.45, 2.75) is 35.9 Å². The van der Waals surface area contributed by atoms with Crippen molar-refractivity contribution >= 4 is 51.9 Å². The van der Waals surface area contributed by atoms with Gasteiger partial charge in [0.25, 0.3) is 5.56 Å². The van der Waals surface area contributed by atoms with Gasteiger partial charge < -0.3 is 25.0 Å². The number of benzene rings is 2. The number of anilines is 2. The molecule has 3 atom stereocenters. The van der Waals surface area contributed by atoms with Gasteiger partial charge in [-0.3, -0.25) is 19.3 Å². The second-order valence-electron chi connectivity index (χ2n) is 9.17. The van der Waals surface area contributed by atoms with E-state index in [9.17, 15) is 24.3 Å². The van der Waals surface area contributed by atoms with Gasteiger partial charge in [0.15, 0.2) is 0 Å². The maximum Gasteiger partial charge on any atom is 0.414 e. The molecule has 3 amide bonds. The molecule has 6 rings (SSSR count). The minimum absolute atomic E-state index is 0.0337. The summed E-state index contributed by atoms with van der Waals surface area (Å²) in [6.45, 7) is -0.419. The average molecular weight is 525 g/mol. The van der Waals surface area contributed by atoms with Gasteiger partial charge in [-0.1, -0.05) is 18.2 Å². The van der Waals surface area contributed by atoms with E-state index in [0.29, 0.717) is 28.0 Å². The van der Waals surface area contributed by atoms with Gasteiger partial charge in [-0.05, 0) is 29.7 Å². The normalized spacial score (nSPS) is 23.0. The predicted octanol–water partition coefficient (Wildman–Crippen LogP) is 2.07. The average Bonchev–Trinajstić information content (AvgIpc) is 3.40. The van der Waals surface area contributed by atoms with Gasteiger partial charge in [-0.25, -0.2) is 9.18 Å².